The van der Waals surface area contributed by atoms with E-state index in [1.165, 1.54) is 6.07 Å². The lowest BCUT2D eigenvalue weighted by atomic mass is 10.0. The molecule has 0 spiro atoms. The molecule has 1 rings (SSSR count). The van der Waals surface area contributed by atoms with Crippen LogP contribution in [-0.2, 0) is 6.42 Å². The summed E-state index contributed by atoms with van der Waals surface area (Å²) in [4.78, 5) is 0. The molecule has 0 saturated carbocycles. The molecular formula is C11H16FN. The lowest BCUT2D eigenvalue weighted by molar-refractivity contribution is 0.588. The zero-order valence-corrected chi connectivity index (χ0v) is 8.18. The first-order chi connectivity index (χ1) is 6.11. The van der Waals surface area contributed by atoms with Gasteiger partial charge >= 0.3 is 0 Å². The summed E-state index contributed by atoms with van der Waals surface area (Å²) < 4.78 is 13.3. The van der Waals surface area contributed by atoms with Crippen LogP contribution in [0.4, 0.5) is 4.39 Å². The van der Waals surface area contributed by atoms with Gasteiger partial charge in [0.15, 0.2) is 0 Å². The van der Waals surface area contributed by atoms with Crippen molar-refractivity contribution in [1.82, 2.24) is 0 Å². The van der Waals surface area contributed by atoms with Gasteiger partial charge in [-0.05, 0) is 43.9 Å². The van der Waals surface area contributed by atoms with E-state index >= 15 is 0 Å². The van der Waals surface area contributed by atoms with Crippen LogP contribution < -0.4 is 5.73 Å². The van der Waals surface area contributed by atoms with Crippen molar-refractivity contribution in [2.24, 2.45) is 5.73 Å². The Bertz CT molecular complexity index is 261. The second kappa shape index (κ2) is 4.38. The van der Waals surface area contributed by atoms with Gasteiger partial charge in [-0.25, -0.2) is 4.39 Å². The molecule has 1 aromatic carbocycles. The average molecular weight is 181 g/mol. The van der Waals surface area contributed by atoms with Crippen molar-refractivity contribution in [3.05, 3.63) is 35.1 Å². The van der Waals surface area contributed by atoms with Gasteiger partial charge in [-0.3, -0.25) is 0 Å². The van der Waals surface area contributed by atoms with Crippen LogP contribution in [0, 0.1) is 12.7 Å². The second-order valence-corrected chi connectivity index (χ2v) is 3.55. The fourth-order valence-electron chi connectivity index (χ4n) is 1.36. The molecule has 0 aromatic heterocycles. The molecule has 0 saturated heterocycles. The van der Waals surface area contributed by atoms with Gasteiger partial charge in [-0.15, -0.1) is 0 Å². The molecule has 1 atom stereocenters. The van der Waals surface area contributed by atoms with Crippen molar-refractivity contribution in [1.29, 1.82) is 0 Å². The molecule has 0 bridgehead atoms. The van der Waals surface area contributed by atoms with Gasteiger partial charge in [0.1, 0.15) is 5.82 Å². The summed E-state index contributed by atoms with van der Waals surface area (Å²) in [6, 6.07) is 5.31. The van der Waals surface area contributed by atoms with Crippen molar-refractivity contribution >= 4 is 0 Å². The highest BCUT2D eigenvalue weighted by molar-refractivity contribution is 5.27. The van der Waals surface area contributed by atoms with E-state index in [1.54, 1.807) is 6.07 Å². The highest BCUT2D eigenvalue weighted by atomic mass is 19.1. The van der Waals surface area contributed by atoms with Gasteiger partial charge in [0.25, 0.3) is 0 Å². The van der Waals surface area contributed by atoms with Crippen LogP contribution in [-0.4, -0.2) is 6.04 Å². The van der Waals surface area contributed by atoms with Crippen LogP contribution in [0.25, 0.3) is 0 Å². The Balaban J connectivity index is 2.75. The topological polar surface area (TPSA) is 26.0 Å². The van der Waals surface area contributed by atoms with Crippen molar-refractivity contribution in [3.63, 3.8) is 0 Å². The van der Waals surface area contributed by atoms with Gasteiger partial charge in [-0.2, -0.15) is 0 Å². The molecular weight excluding hydrogens is 165 g/mol. The fourth-order valence-corrected chi connectivity index (χ4v) is 1.36. The number of aryl methyl sites for hydroxylation is 1. The van der Waals surface area contributed by atoms with Crippen LogP contribution in [0.1, 0.15) is 24.5 Å². The van der Waals surface area contributed by atoms with Crippen LogP contribution >= 0.6 is 0 Å². The van der Waals surface area contributed by atoms with Gasteiger partial charge in [0, 0.05) is 6.04 Å². The Kier molecular flexibility index (Phi) is 3.43. The molecule has 1 nitrogen and oxygen atoms in total. The molecule has 0 radical (unpaired) electrons. The summed E-state index contributed by atoms with van der Waals surface area (Å²) in [6.45, 7) is 3.87. The van der Waals surface area contributed by atoms with Gasteiger partial charge in [0.2, 0.25) is 0 Å². The van der Waals surface area contributed by atoms with Gasteiger partial charge in [0.05, 0.1) is 0 Å². The second-order valence-electron chi connectivity index (χ2n) is 3.55. The molecule has 0 fully saturated rings. The lowest BCUT2D eigenvalue weighted by Crippen LogP contribution is -2.16. The highest BCUT2D eigenvalue weighted by Gasteiger charge is 2.05. The summed E-state index contributed by atoms with van der Waals surface area (Å²) in [6.07, 6.45) is 1.57. The van der Waals surface area contributed by atoms with Crippen molar-refractivity contribution in [3.8, 4) is 0 Å². The van der Waals surface area contributed by atoms with Crippen LogP contribution in [0.3, 0.4) is 0 Å². The summed E-state index contributed by atoms with van der Waals surface area (Å²) in [5.74, 6) is -0.111. The van der Waals surface area contributed by atoms with E-state index in [2.05, 4.69) is 0 Å². The molecule has 1 aromatic rings. The number of hydrogen-bond acceptors (Lipinski definition) is 1. The number of rotatable bonds is 3. The van der Waals surface area contributed by atoms with E-state index < -0.39 is 0 Å². The molecule has 0 aliphatic carbocycles. The predicted molar refractivity (Wildman–Crippen MR) is 53.1 cm³/mol. The third-order valence-electron chi connectivity index (χ3n) is 2.20. The Morgan fingerprint density at radius 2 is 2.15 bits per heavy atom. The normalized spacial score (nSPS) is 12.9. The molecule has 0 aliphatic rings. The lowest BCUT2D eigenvalue weighted by Gasteiger charge is -2.08. The quantitative estimate of drug-likeness (QED) is 0.761. The summed E-state index contributed by atoms with van der Waals surface area (Å²) >= 11 is 0. The molecule has 0 aliphatic heterocycles. The van der Waals surface area contributed by atoms with E-state index in [-0.39, 0.29) is 11.9 Å². The third kappa shape index (κ3) is 2.81. The maximum atomic E-state index is 13.3. The van der Waals surface area contributed by atoms with E-state index in [4.69, 9.17) is 5.73 Å². The Morgan fingerprint density at radius 1 is 1.46 bits per heavy atom. The first kappa shape index (κ1) is 10.2. The minimum atomic E-state index is -0.111. The number of hydrogen-bond donors (Lipinski definition) is 1. The van der Waals surface area contributed by atoms with E-state index in [0.29, 0.717) is 0 Å². The third-order valence-corrected chi connectivity index (χ3v) is 2.20. The fraction of sp³-hybridized carbons (Fsp3) is 0.455. The molecule has 0 amide bonds. The Morgan fingerprint density at radius 3 is 2.69 bits per heavy atom. The maximum Gasteiger partial charge on any atom is 0.126 e. The Hall–Kier alpha value is -0.890. The Labute approximate surface area is 78.8 Å². The minimum Gasteiger partial charge on any atom is -0.328 e. The van der Waals surface area contributed by atoms with E-state index in [1.807, 2.05) is 19.9 Å². The van der Waals surface area contributed by atoms with Gasteiger partial charge < -0.3 is 5.73 Å². The maximum absolute atomic E-state index is 13.3. The largest absolute Gasteiger partial charge is 0.328 e. The van der Waals surface area contributed by atoms with E-state index in [0.717, 1.165) is 24.0 Å². The molecule has 2 N–H and O–H groups in total. The summed E-state index contributed by atoms with van der Waals surface area (Å²) in [5.41, 5.74) is 7.44. The zero-order chi connectivity index (χ0) is 9.84. The van der Waals surface area contributed by atoms with Gasteiger partial charge in [-0.1, -0.05) is 12.1 Å². The van der Waals surface area contributed by atoms with Crippen LogP contribution in [0.15, 0.2) is 18.2 Å². The SMILES string of the molecule is Cc1cccc(F)c1CCC(C)N. The van der Waals surface area contributed by atoms with Crippen molar-refractivity contribution < 1.29 is 4.39 Å². The molecule has 72 valence electrons. The average Bonchev–Trinajstić information content (AvgIpc) is 2.03. The monoisotopic (exact) mass is 181 g/mol. The number of benzene rings is 1. The summed E-state index contributed by atoms with van der Waals surface area (Å²) in [5, 5.41) is 0. The number of halogens is 1. The summed E-state index contributed by atoms with van der Waals surface area (Å²) in [7, 11) is 0. The van der Waals surface area contributed by atoms with Crippen LogP contribution in [0.2, 0.25) is 0 Å². The number of nitrogens with two attached hydrogens (primary N) is 1. The van der Waals surface area contributed by atoms with Crippen LogP contribution in [0.5, 0.6) is 0 Å². The first-order valence-electron chi connectivity index (χ1n) is 4.61. The molecule has 1 unspecified atom stereocenters. The van der Waals surface area contributed by atoms with E-state index in [9.17, 15) is 4.39 Å². The standard InChI is InChI=1S/C11H16FN/c1-8-4-3-5-11(12)10(8)7-6-9(2)13/h3-5,9H,6-7,13H2,1-2H3. The smallest absolute Gasteiger partial charge is 0.126 e. The first-order valence-corrected chi connectivity index (χ1v) is 4.61. The zero-order valence-electron chi connectivity index (χ0n) is 8.18. The molecule has 0 heterocycles. The molecule has 13 heavy (non-hydrogen) atoms. The molecule has 2 heteroatoms. The highest BCUT2D eigenvalue weighted by Crippen LogP contribution is 2.14. The minimum absolute atomic E-state index is 0.111. The van der Waals surface area contributed by atoms with Crippen molar-refractivity contribution in [2.45, 2.75) is 32.7 Å². The van der Waals surface area contributed by atoms with Crippen molar-refractivity contribution in [2.75, 3.05) is 0 Å². The predicted octanol–water partition coefficient (Wildman–Crippen LogP) is 2.41.